The fraction of sp³-hybridized carbons (Fsp3) is 0.333. The van der Waals surface area contributed by atoms with Gasteiger partial charge in [0.05, 0.1) is 18.8 Å². The summed E-state index contributed by atoms with van der Waals surface area (Å²) in [5.41, 5.74) is 4.47. The number of para-hydroxylation sites is 1. The molecule has 2 N–H and O–H groups in total. The van der Waals surface area contributed by atoms with Crippen molar-refractivity contribution in [3.8, 4) is 0 Å². The largest absolute Gasteiger partial charge is 0.386 e. The van der Waals surface area contributed by atoms with Gasteiger partial charge in [-0.3, -0.25) is 0 Å². The Morgan fingerprint density at radius 2 is 1.95 bits per heavy atom. The first kappa shape index (κ1) is 14.1. The second-order valence-electron chi connectivity index (χ2n) is 5.52. The van der Waals surface area contributed by atoms with Crippen LogP contribution in [0.5, 0.6) is 0 Å². The molecule has 0 amide bonds. The van der Waals surface area contributed by atoms with Gasteiger partial charge in [0.1, 0.15) is 0 Å². The lowest BCUT2D eigenvalue weighted by Gasteiger charge is -2.31. The van der Waals surface area contributed by atoms with Crippen molar-refractivity contribution in [3.05, 3.63) is 65.2 Å². The Kier molecular flexibility index (Phi) is 4.23. The molecule has 0 spiro atoms. The highest BCUT2D eigenvalue weighted by molar-refractivity contribution is 5.54. The quantitative estimate of drug-likeness (QED) is 0.904. The van der Waals surface area contributed by atoms with Gasteiger partial charge in [-0.05, 0) is 35.6 Å². The van der Waals surface area contributed by atoms with Crippen molar-refractivity contribution >= 4 is 5.69 Å². The number of methoxy groups -OCH3 is 1. The Hall–Kier alpha value is -1.84. The van der Waals surface area contributed by atoms with Crippen LogP contribution in [-0.2, 0) is 17.8 Å². The minimum atomic E-state index is -0.523. The van der Waals surface area contributed by atoms with Crippen molar-refractivity contribution in [2.75, 3.05) is 12.4 Å². The van der Waals surface area contributed by atoms with E-state index in [9.17, 15) is 5.11 Å². The summed E-state index contributed by atoms with van der Waals surface area (Å²) in [6.07, 6.45) is 1.40. The molecular formula is C18H21NO2. The van der Waals surface area contributed by atoms with Gasteiger partial charge < -0.3 is 15.2 Å². The molecular weight excluding hydrogens is 262 g/mol. The summed E-state index contributed by atoms with van der Waals surface area (Å²) in [6.45, 7) is 0.524. The van der Waals surface area contributed by atoms with Crippen LogP contribution in [0.25, 0.3) is 0 Å². The van der Waals surface area contributed by atoms with Crippen LogP contribution in [0.4, 0.5) is 5.69 Å². The van der Waals surface area contributed by atoms with Gasteiger partial charge in [-0.25, -0.2) is 0 Å². The summed E-state index contributed by atoms with van der Waals surface area (Å²) >= 11 is 0. The van der Waals surface area contributed by atoms with Crippen molar-refractivity contribution in [2.24, 2.45) is 0 Å². The molecule has 1 aliphatic heterocycles. The smallest absolute Gasteiger partial charge is 0.0994 e. The van der Waals surface area contributed by atoms with Crippen LogP contribution in [0.3, 0.4) is 0 Å². The number of ether oxygens (including phenoxy) is 1. The monoisotopic (exact) mass is 283 g/mol. The van der Waals surface area contributed by atoms with Crippen molar-refractivity contribution < 1.29 is 9.84 Å². The van der Waals surface area contributed by atoms with Gasteiger partial charge in [0, 0.05) is 12.8 Å². The van der Waals surface area contributed by atoms with E-state index >= 15 is 0 Å². The minimum Gasteiger partial charge on any atom is -0.386 e. The lowest BCUT2D eigenvalue weighted by molar-refractivity contribution is 0.140. The maximum absolute atomic E-state index is 10.8. The van der Waals surface area contributed by atoms with Gasteiger partial charge >= 0.3 is 0 Å². The molecule has 110 valence electrons. The van der Waals surface area contributed by atoms with E-state index in [1.54, 1.807) is 7.11 Å². The second-order valence-corrected chi connectivity index (χ2v) is 5.52. The Bertz CT molecular complexity index is 612. The van der Waals surface area contributed by atoms with Gasteiger partial charge in [0.25, 0.3) is 0 Å². The van der Waals surface area contributed by atoms with E-state index in [2.05, 4.69) is 23.5 Å². The molecule has 2 aromatic carbocycles. The van der Waals surface area contributed by atoms with E-state index in [-0.39, 0.29) is 6.04 Å². The lowest BCUT2D eigenvalue weighted by Crippen LogP contribution is -2.32. The van der Waals surface area contributed by atoms with Crippen LogP contribution in [-0.4, -0.2) is 18.3 Å². The third kappa shape index (κ3) is 2.94. The number of rotatable bonds is 4. The molecule has 2 unspecified atom stereocenters. The number of aryl methyl sites for hydroxylation is 1. The molecule has 0 bridgehead atoms. The Morgan fingerprint density at radius 1 is 1.19 bits per heavy atom. The number of anilines is 1. The molecule has 1 heterocycles. The molecule has 0 saturated carbocycles. The second kappa shape index (κ2) is 6.29. The zero-order valence-electron chi connectivity index (χ0n) is 12.3. The van der Waals surface area contributed by atoms with Crippen LogP contribution >= 0.6 is 0 Å². The topological polar surface area (TPSA) is 41.5 Å². The fourth-order valence-electron chi connectivity index (χ4n) is 3.03. The van der Waals surface area contributed by atoms with Crippen LogP contribution in [0.2, 0.25) is 0 Å². The van der Waals surface area contributed by atoms with Gasteiger partial charge in [-0.1, -0.05) is 42.5 Å². The standard InChI is InChI=1S/C18H21NO2/c1-21-12-14-7-2-4-8-15(14)18(20)17-11-10-13-6-3-5-9-16(13)19-17/h2-9,17-20H,10-12H2,1H3. The highest BCUT2D eigenvalue weighted by Gasteiger charge is 2.26. The van der Waals surface area contributed by atoms with E-state index in [4.69, 9.17) is 4.74 Å². The summed E-state index contributed by atoms with van der Waals surface area (Å²) in [4.78, 5) is 0. The first-order chi connectivity index (χ1) is 10.3. The first-order valence-electron chi connectivity index (χ1n) is 7.39. The van der Waals surface area contributed by atoms with Crippen molar-refractivity contribution in [2.45, 2.75) is 31.6 Å². The highest BCUT2D eigenvalue weighted by Crippen LogP contribution is 2.31. The maximum Gasteiger partial charge on any atom is 0.0994 e. The van der Waals surface area contributed by atoms with E-state index in [0.717, 1.165) is 29.7 Å². The zero-order chi connectivity index (χ0) is 14.7. The summed E-state index contributed by atoms with van der Waals surface area (Å²) in [5, 5.41) is 14.2. The molecule has 0 saturated heterocycles. The highest BCUT2D eigenvalue weighted by atomic mass is 16.5. The third-order valence-corrected chi connectivity index (χ3v) is 4.14. The summed E-state index contributed by atoms with van der Waals surface area (Å²) in [5.74, 6) is 0. The molecule has 0 radical (unpaired) electrons. The summed E-state index contributed by atoms with van der Waals surface area (Å²) in [6, 6.07) is 16.3. The molecule has 2 aromatic rings. The van der Waals surface area contributed by atoms with E-state index in [0.29, 0.717) is 6.61 Å². The van der Waals surface area contributed by atoms with E-state index in [1.165, 1.54) is 5.56 Å². The number of benzene rings is 2. The van der Waals surface area contributed by atoms with Crippen LogP contribution < -0.4 is 5.32 Å². The van der Waals surface area contributed by atoms with Gasteiger partial charge in [-0.15, -0.1) is 0 Å². The Labute approximate surface area is 125 Å². The van der Waals surface area contributed by atoms with Crippen LogP contribution in [0.1, 0.15) is 29.2 Å². The number of fused-ring (bicyclic) bond motifs is 1. The number of hydrogen-bond donors (Lipinski definition) is 2. The van der Waals surface area contributed by atoms with Crippen LogP contribution in [0.15, 0.2) is 48.5 Å². The van der Waals surface area contributed by atoms with E-state index < -0.39 is 6.10 Å². The number of aliphatic hydroxyl groups is 1. The minimum absolute atomic E-state index is 0.0397. The first-order valence-corrected chi connectivity index (χ1v) is 7.39. The SMILES string of the molecule is COCc1ccccc1C(O)C1CCc2ccccc2N1. The van der Waals surface area contributed by atoms with E-state index in [1.807, 2.05) is 30.3 Å². The Balaban J connectivity index is 1.82. The van der Waals surface area contributed by atoms with Crippen molar-refractivity contribution in [1.29, 1.82) is 0 Å². The predicted octanol–water partition coefficient (Wildman–Crippen LogP) is 3.29. The molecule has 0 aliphatic carbocycles. The molecule has 0 fully saturated rings. The third-order valence-electron chi connectivity index (χ3n) is 4.14. The van der Waals surface area contributed by atoms with Gasteiger partial charge in [0.2, 0.25) is 0 Å². The fourth-order valence-corrected chi connectivity index (χ4v) is 3.03. The van der Waals surface area contributed by atoms with Gasteiger partial charge in [0.15, 0.2) is 0 Å². The molecule has 1 aliphatic rings. The molecule has 2 atom stereocenters. The normalized spacial score (nSPS) is 18.7. The molecule has 0 aromatic heterocycles. The molecule has 3 rings (SSSR count). The Morgan fingerprint density at radius 3 is 2.81 bits per heavy atom. The number of aliphatic hydroxyl groups excluding tert-OH is 1. The van der Waals surface area contributed by atoms with Crippen molar-refractivity contribution in [1.82, 2.24) is 0 Å². The lowest BCUT2D eigenvalue weighted by atomic mass is 9.90. The average molecular weight is 283 g/mol. The summed E-state index contributed by atoms with van der Waals surface area (Å²) < 4.78 is 5.23. The maximum atomic E-state index is 10.8. The number of nitrogens with one attached hydrogen (secondary N) is 1. The number of hydrogen-bond acceptors (Lipinski definition) is 3. The molecule has 21 heavy (non-hydrogen) atoms. The molecule has 3 nitrogen and oxygen atoms in total. The molecule has 3 heteroatoms. The predicted molar refractivity (Wildman–Crippen MR) is 84.3 cm³/mol. The summed E-state index contributed by atoms with van der Waals surface area (Å²) in [7, 11) is 1.68. The van der Waals surface area contributed by atoms with Crippen LogP contribution in [0, 0.1) is 0 Å². The van der Waals surface area contributed by atoms with Gasteiger partial charge in [-0.2, -0.15) is 0 Å². The van der Waals surface area contributed by atoms with Crippen molar-refractivity contribution in [3.63, 3.8) is 0 Å². The average Bonchev–Trinajstić information content (AvgIpc) is 2.54. The zero-order valence-corrected chi connectivity index (χ0v) is 12.3.